The molecule has 0 N–H and O–H groups in total. The zero-order valence-electron chi connectivity index (χ0n) is 11.4. The lowest BCUT2D eigenvalue weighted by Gasteiger charge is -2.33. The molecule has 0 amide bonds. The molecule has 5 heteroatoms. The minimum absolute atomic E-state index is 0.304. The van der Waals surface area contributed by atoms with Crippen LogP contribution in [0.25, 0.3) is 0 Å². The summed E-state index contributed by atoms with van der Waals surface area (Å²) >= 11 is 0. The van der Waals surface area contributed by atoms with Crippen molar-refractivity contribution in [1.29, 1.82) is 0 Å². The van der Waals surface area contributed by atoms with Crippen LogP contribution in [-0.4, -0.2) is 35.1 Å². The number of hydrogen-bond donors (Lipinski definition) is 0. The predicted octanol–water partition coefficient (Wildman–Crippen LogP) is 1.51. The molecule has 0 unspecified atom stereocenters. The van der Waals surface area contributed by atoms with Gasteiger partial charge in [0.25, 0.3) is 0 Å². The summed E-state index contributed by atoms with van der Waals surface area (Å²) in [7, 11) is 1.74. The monoisotopic (exact) mass is 251 g/mol. The normalized spacial score (nSPS) is 30.4. The number of nitrogens with zero attached hydrogens (tertiary/aromatic N) is 3. The molecule has 0 bridgehead atoms. The maximum absolute atomic E-state index is 5.73. The van der Waals surface area contributed by atoms with E-state index in [1.54, 1.807) is 7.11 Å². The lowest BCUT2D eigenvalue weighted by molar-refractivity contribution is -0.0324. The van der Waals surface area contributed by atoms with Crippen LogP contribution in [0.1, 0.15) is 38.3 Å². The van der Waals surface area contributed by atoms with Crippen LogP contribution in [0.5, 0.6) is 0 Å². The highest BCUT2D eigenvalue weighted by Gasteiger charge is 2.43. The van der Waals surface area contributed by atoms with E-state index in [0.29, 0.717) is 12.0 Å². The van der Waals surface area contributed by atoms with Gasteiger partial charge in [-0.05, 0) is 11.8 Å². The fraction of sp³-hybridized carbons (Fsp3) is 0.846. The van der Waals surface area contributed by atoms with Crippen LogP contribution in [0.4, 0.5) is 0 Å². The van der Waals surface area contributed by atoms with E-state index in [0.717, 1.165) is 37.6 Å². The van der Waals surface area contributed by atoms with E-state index in [9.17, 15) is 0 Å². The van der Waals surface area contributed by atoms with Gasteiger partial charge in [0.15, 0.2) is 11.4 Å². The maximum Gasteiger partial charge on any atom is 0.167 e. The summed E-state index contributed by atoms with van der Waals surface area (Å²) in [6.45, 7) is 6.88. The maximum atomic E-state index is 5.73. The highest BCUT2D eigenvalue weighted by atomic mass is 16.5. The zero-order chi connectivity index (χ0) is 12.8. The molecule has 0 aliphatic carbocycles. The summed E-state index contributed by atoms with van der Waals surface area (Å²) in [6, 6.07) is 0. The van der Waals surface area contributed by atoms with Crippen molar-refractivity contribution in [2.24, 2.45) is 5.41 Å². The second-order valence-corrected chi connectivity index (χ2v) is 6.19. The quantitative estimate of drug-likeness (QED) is 0.799. The van der Waals surface area contributed by atoms with Crippen molar-refractivity contribution in [1.82, 2.24) is 14.8 Å². The average molecular weight is 251 g/mol. The fourth-order valence-electron chi connectivity index (χ4n) is 2.96. The number of aryl methyl sites for hydroxylation is 1. The molecule has 3 rings (SSSR count). The van der Waals surface area contributed by atoms with Crippen molar-refractivity contribution in [3.63, 3.8) is 0 Å². The van der Waals surface area contributed by atoms with Crippen molar-refractivity contribution in [3.8, 4) is 0 Å². The third-order valence-electron chi connectivity index (χ3n) is 4.22. The molecule has 1 saturated heterocycles. The molecule has 1 fully saturated rings. The predicted molar refractivity (Wildman–Crippen MR) is 66.2 cm³/mol. The van der Waals surface area contributed by atoms with E-state index < -0.39 is 5.60 Å². The molecule has 0 spiro atoms. The van der Waals surface area contributed by atoms with Crippen LogP contribution in [0.2, 0.25) is 0 Å². The molecule has 100 valence electrons. The molecular formula is C13H21N3O2. The number of hydrogen-bond acceptors (Lipinski definition) is 4. The van der Waals surface area contributed by atoms with Crippen LogP contribution >= 0.6 is 0 Å². The van der Waals surface area contributed by atoms with Gasteiger partial charge < -0.3 is 14.0 Å². The molecule has 18 heavy (non-hydrogen) atoms. The molecule has 2 aliphatic heterocycles. The van der Waals surface area contributed by atoms with Crippen LogP contribution in [0.15, 0.2) is 0 Å². The molecule has 5 nitrogen and oxygen atoms in total. The van der Waals surface area contributed by atoms with Gasteiger partial charge in [0, 0.05) is 26.5 Å². The number of aromatic nitrogens is 3. The van der Waals surface area contributed by atoms with E-state index in [4.69, 9.17) is 9.47 Å². The van der Waals surface area contributed by atoms with E-state index in [2.05, 4.69) is 28.6 Å². The lowest BCUT2D eigenvalue weighted by atomic mass is 9.84. The highest BCUT2D eigenvalue weighted by Crippen LogP contribution is 2.37. The van der Waals surface area contributed by atoms with Gasteiger partial charge in [0.1, 0.15) is 5.82 Å². The minimum Gasteiger partial charge on any atom is -0.378 e. The van der Waals surface area contributed by atoms with Crippen molar-refractivity contribution in [3.05, 3.63) is 11.6 Å². The van der Waals surface area contributed by atoms with Crippen LogP contribution in [-0.2, 0) is 28.0 Å². The highest BCUT2D eigenvalue weighted by molar-refractivity contribution is 5.11. The average Bonchev–Trinajstić information content (AvgIpc) is 2.93. The molecule has 3 heterocycles. The summed E-state index contributed by atoms with van der Waals surface area (Å²) in [6.07, 6.45) is 3.03. The Hall–Kier alpha value is -0.940. The largest absolute Gasteiger partial charge is 0.378 e. The number of ether oxygens (including phenoxy) is 2. The Morgan fingerprint density at radius 3 is 2.78 bits per heavy atom. The van der Waals surface area contributed by atoms with Crippen molar-refractivity contribution < 1.29 is 9.47 Å². The second-order valence-electron chi connectivity index (χ2n) is 6.19. The Labute approximate surface area is 107 Å². The van der Waals surface area contributed by atoms with Gasteiger partial charge in [-0.25, -0.2) is 0 Å². The van der Waals surface area contributed by atoms with Crippen LogP contribution in [0.3, 0.4) is 0 Å². The standard InChI is InChI=1S/C13H21N3O2/c1-12(2)5-4-10-14-15-11(16(10)8-12)13(17-3)6-7-18-9-13/h4-9H2,1-3H3/t13-/m0/s1. The Bertz CT molecular complexity index is 447. The van der Waals surface area contributed by atoms with Gasteiger partial charge in [-0.15, -0.1) is 10.2 Å². The van der Waals surface area contributed by atoms with Gasteiger partial charge in [-0.3, -0.25) is 0 Å². The molecule has 1 atom stereocenters. The van der Waals surface area contributed by atoms with Gasteiger partial charge >= 0.3 is 0 Å². The number of fused-ring (bicyclic) bond motifs is 1. The molecule has 0 saturated carbocycles. The summed E-state index contributed by atoms with van der Waals surface area (Å²) in [5, 5.41) is 8.73. The van der Waals surface area contributed by atoms with E-state index in [1.807, 2.05) is 0 Å². The first-order valence-corrected chi connectivity index (χ1v) is 6.62. The Morgan fingerprint density at radius 1 is 1.28 bits per heavy atom. The lowest BCUT2D eigenvalue weighted by Crippen LogP contribution is -2.36. The van der Waals surface area contributed by atoms with Gasteiger partial charge in [0.2, 0.25) is 0 Å². The van der Waals surface area contributed by atoms with Gasteiger partial charge in [-0.1, -0.05) is 13.8 Å². The molecular weight excluding hydrogens is 230 g/mol. The molecule has 1 aromatic rings. The fourth-order valence-corrected chi connectivity index (χ4v) is 2.96. The Balaban J connectivity index is 2.01. The first kappa shape index (κ1) is 12.1. The Kier molecular flexibility index (Phi) is 2.71. The van der Waals surface area contributed by atoms with Gasteiger partial charge in [0.05, 0.1) is 13.2 Å². The van der Waals surface area contributed by atoms with Crippen LogP contribution < -0.4 is 0 Å². The van der Waals surface area contributed by atoms with Gasteiger partial charge in [-0.2, -0.15) is 0 Å². The first-order chi connectivity index (χ1) is 8.56. The smallest absolute Gasteiger partial charge is 0.167 e. The third-order valence-corrected chi connectivity index (χ3v) is 4.22. The van der Waals surface area contributed by atoms with Crippen LogP contribution in [0, 0.1) is 5.41 Å². The van der Waals surface area contributed by atoms with Crippen molar-refractivity contribution in [2.75, 3.05) is 20.3 Å². The molecule has 0 aromatic carbocycles. The SMILES string of the molecule is CO[C@@]1(c2nnc3n2CC(C)(C)CC3)CCOC1. The topological polar surface area (TPSA) is 49.2 Å². The Morgan fingerprint density at radius 2 is 2.11 bits per heavy atom. The molecule has 0 radical (unpaired) electrons. The molecule has 2 aliphatic rings. The minimum atomic E-state index is -0.390. The number of methoxy groups -OCH3 is 1. The van der Waals surface area contributed by atoms with E-state index >= 15 is 0 Å². The summed E-state index contributed by atoms with van der Waals surface area (Å²) in [4.78, 5) is 0. The van der Waals surface area contributed by atoms with Crippen molar-refractivity contribution >= 4 is 0 Å². The third kappa shape index (κ3) is 1.77. The summed E-state index contributed by atoms with van der Waals surface area (Å²) in [5.74, 6) is 2.04. The molecule has 1 aromatic heterocycles. The zero-order valence-corrected chi connectivity index (χ0v) is 11.4. The van der Waals surface area contributed by atoms with E-state index in [-0.39, 0.29) is 0 Å². The van der Waals surface area contributed by atoms with Crippen molar-refractivity contribution in [2.45, 2.75) is 45.3 Å². The first-order valence-electron chi connectivity index (χ1n) is 6.62. The summed E-state index contributed by atoms with van der Waals surface area (Å²) < 4.78 is 13.5. The number of rotatable bonds is 2. The summed E-state index contributed by atoms with van der Waals surface area (Å²) in [5.41, 5.74) is -0.0861. The second kappa shape index (κ2) is 4.03. The van der Waals surface area contributed by atoms with E-state index in [1.165, 1.54) is 6.42 Å².